The van der Waals surface area contributed by atoms with Gasteiger partial charge in [0.2, 0.25) is 5.95 Å². The Bertz CT molecular complexity index is 702. The maximum atomic E-state index is 13.3. The molecule has 1 fully saturated rings. The largest absolute Gasteiger partial charge is 0.261 e. The Hall–Kier alpha value is -2.01. The van der Waals surface area contributed by atoms with Crippen molar-refractivity contribution in [2.75, 3.05) is 6.54 Å². The van der Waals surface area contributed by atoms with Crippen molar-refractivity contribution in [2.24, 2.45) is 10.9 Å². The molecule has 0 unspecified atom stereocenters. The zero-order valence-electron chi connectivity index (χ0n) is 12.8. The average Bonchev–Trinajstić information content (AvgIpc) is 3.26. The molecule has 1 atom stereocenters. The minimum absolute atomic E-state index is 0.474. The van der Waals surface area contributed by atoms with Crippen molar-refractivity contribution in [3.63, 3.8) is 0 Å². The summed E-state index contributed by atoms with van der Waals surface area (Å²) in [5.41, 5.74) is 2.40. The molecule has 114 valence electrons. The number of fused-ring (bicyclic) bond motifs is 1. The second-order valence-corrected chi connectivity index (χ2v) is 6.20. The van der Waals surface area contributed by atoms with E-state index in [4.69, 9.17) is 0 Å². The van der Waals surface area contributed by atoms with Gasteiger partial charge in [0.1, 0.15) is 5.82 Å². The molecule has 1 saturated carbocycles. The van der Waals surface area contributed by atoms with Crippen molar-refractivity contribution >= 4 is 5.71 Å². The molecule has 0 bridgehead atoms. The molecular formula is C17H19FN4. The number of allylic oxidation sites excluding steroid dienone is 2. The zero-order chi connectivity index (χ0) is 15.3. The number of aromatic nitrogens is 1. The molecule has 1 aliphatic carbocycles. The summed E-state index contributed by atoms with van der Waals surface area (Å²) < 4.78 is 13.3. The van der Waals surface area contributed by atoms with Gasteiger partial charge in [0.25, 0.3) is 0 Å². The van der Waals surface area contributed by atoms with Crippen LogP contribution in [-0.2, 0) is 0 Å². The van der Waals surface area contributed by atoms with E-state index in [2.05, 4.69) is 39.9 Å². The van der Waals surface area contributed by atoms with Crippen LogP contribution >= 0.6 is 0 Å². The molecule has 0 N–H and O–H groups in total. The van der Waals surface area contributed by atoms with Crippen LogP contribution in [-0.4, -0.2) is 33.3 Å². The van der Waals surface area contributed by atoms with E-state index < -0.39 is 5.95 Å². The van der Waals surface area contributed by atoms with Gasteiger partial charge in [0.05, 0.1) is 11.4 Å². The third kappa shape index (κ3) is 2.25. The number of pyridine rings is 1. The van der Waals surface area contributed by atoms with Gasteiger partial charge in [-0.1, -0.05) is 6.07 Å². The third-order valence-electron chi connectivity index (χ3n) is 4.60. The second kappa shape index (κ2) is 5.02. The van der Waals surface area contributed by atoms with E-state index in [0.717, 1.165) is 29.7 Å². The fourth-order valence-electron chi connectivity index (χ4n) is 3.22. The molecule has 4 nitrogen and oxygen atoms in total. The SMILES string of the molecule is CC1=CC(c2cccc(F)n2)=NC2=CCN([C@H](C)C3CC3)N12. The highest BCUT2D eigenvalue weighted by atomic mass is 19.1. The molecular weight excluding hydrogens is 279 g/mol. The average molecular weight is 298 g/mol. The van der Waals surface area contributed by atoms with Crippen molar-refractivity contribution in [1.29, 1.82) is 0 Å². The molecule has 1 aromatic heterocycles. The van der Waals surface area contributed by atoms with E-state index >= 15 is 0 Å². The van der Waals surface area contributed by atoms with Crippen molar-refractivity contribution in [3.05, 3.63) is 53.5 Å². The lowest BCUT2D eigenvalue weighted by molar-refractivity contribution is 0.0236. The Morgan fingerprint density at radius 3 is 2.86 bits per heavy atom. The van der Waals surface area contributed by atoms with E-state index in [1.54, 1.807) is 12.1 Å². The van der Waals surface area contributed by atoms with Crippen LogP contribution in [0.5, 0.6) is 0 Å². The number of nitrogens with zero attached hydrogens (tertiary/aromatic N) is 4. The monoisotopic (exact) mass is 298 g/mol. The maximum Gasteiger partial charge on any atom is 0.213 e. The van der Waals surface area contributed by atoms with Crippen LogP contribution in [0, 0.1) is 11.9 Å². The van der Waals surface area contributed by atoms with Crippen LogP contribution in [0.15, 0.2) is 46.9 Å². The minimum atomic E-state index is -0.474. The van der Waals surface area contributed by atoms with Crippen molar-refractivity contribution < 1.29 is 4.39 Å². The summed E-state index contributed by atoms with van der Waals surface area (Å²) >= 11 is 0. The zero-order valence-corrected chi connectivity index (χ0v) is 12.8. The van der Waals surface area contributed by atoms with Gasteiger partial charge in [-0.25, -0.2) is 15.0 Å². The van der Waals surface area contributed by atoms with E-state index in [9.17, 15) is 4.39 Å². The molecule has 0 saturated heterocycles. The molecule has 3 aliphatic rings. The molecule has 3 heterocycles. The lowest BCUT2D eigenvalue weighted by atomic mass is 10.2. The molecule has 0 amide bonds. The number of aliphatic imine (C=N–C) groups is 1. The summed E-state index contributed by atoms with van der Waals surface area (Å²) in [6.07, 6.45) is 6.77. The van der Waals surface area contributed by atoms with Crippen LogP contribution in [0.3, 0.4) is 0 Å². The Balaban J connectivity index is 1.64. The fraction of sp³-hybridized carbons (Fsp3) is 0.412. The van der Waals surface area contributed by atoms with Gasteiger partial charge in [-0.15, -0.1) is 0 Å². The van der Waals surface area contributed by atoms with Crippen LogP contribution in [0.4, 0.5) is 4.39 Å². The topological polar surface area (TPSA) is 31.7 Å². The van der Waals surface area contributed by atoms with Gasteiger partial charge in [-0.2, -0.15) is 4.39 Å². The predicted molar refractivity (Wildman–Crippen MR) is 83.3 cm³/mol. The number of rotatable bonds is 3. The molecule has 5 heteroatoms. The standard InChI is InChI=1S/C17H19FN4/c1-11-10-15(14-4-3-5-16(18)19-14)20-17-8-9-21(22(11)17)12(2)13-6-7-13/h3-5,8,10,12-13H,6-7,9H2,1-2H3/t12-/m1/s1. The molecule has 4 rings (SSSR count). The van der Waals surface area contributed by atoms with E-state index in [0.29, 0.717) is 11.7 Å². The van der Waals surface area contributed by atoms with Gasteiger partial charge in [-0.05, 0) is 56.9 Å². The number of hydrogen-bond acceptors (Lipinski definition) is 4. The van der Waals surface area contributed by atoms with Crippen molar-refractivity contribution in [1.82, 2.24) is 15.0 Å². The second-order valence-electron chi connectivity index (χ2n) is 6.20. The maximum absolute atomic E-state index is 13.3. The Labute approximate surface area is 129 Å². The molecule has 0 radical (unpaired) electrons. The highest BCUT2D eigenvalue weighted by molar-refractivity contribution is 6.08. The Kier molecular flexibility index (Phi) is 3.11. The Morgan fingerprint density at radius 1 is 1.32 bits per heavy atom. The number of hydrazine groups is 1. The molecule has 2 aliphatic heterocycles. The van der Waals surface area contributed by atoms with Gasteiger partial charge < -0.3 is 0 Å². The minimum Gasteiger partial charge on any atom is -0.261 e. The third-order valence-corrected chi connectivity index (χ3v) is 4.60. The first-order valence-electron chi connectivity index (χ1n) is 7.80. The highest BCUT2D eigenvalue weighted by Gasteiger charge is 2.38. The number of halogens is 1. The lowest BCUT2D eigenvalue weighted by Crippen LogP contribution is -2.44. The summed E-state index contributed by atoms with van der Waals surface area (Å²) in [5, 5.41) is 4.56. The van der Waals surface area contributed by atoms with Crippen molar-refractivity contribution in [2.45, 2.75) is 32.7 Å². The lowest BCUT2D eigenvalue weighted by Gasteiger charge is -2.37. The first kappa shape index (κ1) is 13.6. The first-order valence-corrected chi connectivity index (χ1v) is 7.80. The molecule has 22 heavy (non-hydrogen) atoms. The smallest absolute Gasteiger partial charge is 0.213 e. The predicted octanol–water partition coefficient (Wildman–Crippen LogP) is 3.10. The Morgan fingerprint density at radius 2 is 2.14 bits per heavy atom. The van der Waals surface area contributed by atoms with Gasteiger partial charge in [0, 0.05) is 18.3 Å². The van der Waals surface area contributed by atoms with E-state index in [-0.39, 0.29) is 0 Å². The molecule has 1 aromatic rings. The molecule has 0 spiro atoms. The normalized spacial score (nSPS) is 22.9. The van der Waals surface area contributed by atoms with E-state index in [1.165, 1.54) is 18.9 Å². The van der Waals surface area contributed by atoms with E-state index in [1.807, 2.05) is 6.08 Å². The summed E-state index contributed by atoms with van der Waals surface area (Å²) in [7, 11) is 0. The first-order chi connectivity index (χ1) is 10.6. The van der Waals surface area contributed by atoms with Crippen molar-refractivity contribution in [3.8, 4) is 0 Å². The summed E-state index contributed by atoms with van der Waals surface area (Å²) in [6.45, 7) is 5.24. The summed E-state index contributed by atoms with van der Waals surface area (Å²) in [4.78, 5) is 8.61. The van der Waals surface area contributed by atoms with Gasteiger partial charge in [-0.3, -0.25) is 5.01 Å². The fourth-order valence-corrected chi connectivity index (χ4v) is 3.22. The van der Waals surface area contributed by atoms with Crippen LogP contribution in [0.25, 0.3) is 0 Å². The summed E-state index contributed by atoms with van der Waals surface area (Å²) in [6, 6.07) is 5.34. The van der Waals surface area contributed by atoms with Crippen LogP contribution < -0.4 is 0 Å². The van der Waals surface area contributed by atoms with Crippen LogP contribution in [0.1, 0.15) is 32.4 Å². The van der Waals surface area contributed by atoms with Gasteiger partial charge >= 0.3 is 0 Å². The summed E-state index contributed by atoms with van der Waals surface area (Å²) in [5.74, 6) is 1.25. The highest BCUT2D eigenvalue weighted by Crippen LogP contribution is 2.39. The number of hydrogen-bond donors (Lipinski definition) is 0. The molecule has 0 aromatic carbocycles. The van der Waals surface area contributed by atoms with Crippen LogP contribution in [0.2, 0.25) is 0 Å². The quantitative estimate of drug-likeness (QED) is 0.804. The van der Waals surface area contributed by atoms with Gasteiger partial charge in [0.15, 0.2) is 0 Å².